The molecular weight excluding hydrogens is 355 g/mol. The van der Waals surface area contributed by atoms with E-state index in [9.17, 15) is 24.2 Å². The highest BCUT2D eigenvalue weighted by Gasteiger charge is 2.25. The van der Waals surface area contributed by atoms with E-state index >= 15 is 0 Å². The molecule has 1 aliphatic rings. The summed E-state index contributed by atoms with van der Waals surface area (Å²) < 4.78 is 19.8. The molecule has 0 aliphatic carbocycles. The number of halogens is 1. The summed E-state index contributed by atoms with van der Waals surface area (Å²) in [6.45, 7) is 4.68. The Morgan fingerprint density at radius 2 is 1.93 bits per heavy atom. The number of carboxylic acid groups (broad SMARTS) is 2. The third-order valence-corrected chi connectivity index (χ3v) is 4.53. The fourth-order valence-electron chi connectivity index (χ4n) is 3.21. The van der Waals surface area contributed by atoms with Gasteiger partial charge in [0.1, 0.15) is 0 Å². The molecule has 2 heterocycles. The Morgan fingerprint density at radius 3 is 2.56 bits per heavy atom. The number of rotatable bonds is 5. The van der Waals surface area contributed by atoms with Gasteiger partial charge in [-0.2, -0.15) is 4.39 Å². The van der Waals surface area contributed by atoms with Crippen LogP contribution in [-0.2, 0) is 11.3 Å². The Bertz CT molecular complexity index is 894. The first-order valence-electron chi connectivity index (χ1n) is 8.43. The van der Waals surface area contributed by atoms with E-state index in [-0.39, 0.29) is 22.3 Å². The molecule has 142 valence electrons. The third kappa shape index (κ3) is 3.96. The molecule has 0 saturated carbocycles. The number of ether oxygens (including phenoxy) is 1. The second kappa shape index (κ2) is 7.81. The summed E-state index contributed by atoms with van der Waals surface area (Å²) in [5, 5.41) is 19.1. The number of hydrogen-bond acceptors (Lipinski definition) is 5. The minimum Gasteiger partial charge on any atom is -0.478 e. The van der Waals surface area contributed by atoms with E-state index in [1.54, 1.807) is 6.92 Å². The smallest absolute Gasteiger partial charge is 0.336 e. The Balaban J connectivity index is 2.12. The average molecular weight is 374 g/mol. The van der Waals surface area contributed by atoms with E-state index in [0.717, 1.165) is 13.1 Å². The second-order valence-corrected chi connectivity index (χ2v) is 6.36. The van der Waals surface area contributed by atoms with E-state index in [2.05, 4.69) is 9.88 Å². The average Bonchev–Trinajstić information content (AvgIpc) is 2.63. The maximum atomic E-state index is 14.5. The summed E-state index contributed by atoms with van der Waals surface area (Å²) in [5.41, 5.74) is 0.215. The molecule has 3 rings (SSSR count). The molecule has 2 N–H and O–H groups in total. The van der Waals surface area contributed by atoms with Crippen molar-refractivity contribution in [2.75, 3.05) is 26.3 Å². The molecule has 0 atom stereocenters. The van der Waals surface area contributed by atoms with Crippen LogP contribution in [0.5, 0.6) is 0 Å². The van der Waals surface area contributed by atoms with Crippen molar-refractivity contribution in [1.82, 2.24) is 9.88 Å². The van der Waals surface area contributed by atoms with E-state index in [1.165, 1.54) is 24.4 Å². The molecule has 0 amide bonds. The lowest BCUT2D eigenvalue weighted by Gasteiger charge is -2.26. The number of benzene rings is 1. The minimum absolute atomic E-state index is 0.126. The van der Waals surface area contributed by atoms with Crippen molar-refractivity contribution in [1.29, 1.82) is 0 Å². The molecule has 0 unspecified atom stereocenters. The number of aromatic carboxylic acids is 2. The number of aromatic nitrogens is 1. The van der Waals surface area contributed by atoms with E-state index in [0.29, 0.717) is 30.9 Å². The highest BCUT2D eigenvalue weighted by atomic mass is 19.1. The maximum absolute atomic E-state index is 14.5. The first kappa shape index (κ1) is 18.9. The Labute approximate surface area is 155 Å². The first-order valence-corrected chi connectivity index (χ1v) is 8.43. The number of carbonyl (C=O) groups is 2. The van der Waals surface area contributed by atoms with Gasteiger partial charge in [0, 0.05) is 37.0 Å². The number of aryl methyl sites for hydroxylation is 1. The van der Waals surface area contributed by atoms with Crippen LogP contribution in [0.25, 0.3) is 11.1 Å². The van der Waals surface area contributed by atoms with Gasteiger partial charge in [-0.15, -0.1) is 0 Å². The first-order chi connectivity index (χ1) is 12.9. The summed E-state index contributed by atoms with van der Waals surface area (Å²) in [4.78, 5) is 29.2. The normalized spacial score (nSPS) is 14.9. The zero-order chi connectivity index (χ0) is 19.6. The highest BCUT2D eigenvalue weighted by molar-refractivity contribution is 6.05. The van der Waals surface area contributed by atoms with Crippen LogP contribution in [0.3, 0.4) is 0 Å². The molecule has 27 heavy (non-hydrogen) atoms. The SMILES string of the molecule is Cc1ccc(C(=O)O)c(-c2cc(CN3CCOCC3)cnc2F)c1C(=O)O. The zero-order valence-corrected chi connectivity index (χ0v) is 14.7. The Kier molecular flexibility index (Phi) is 5.48. The summed E-state index contributed by atoms with van der Waals surface area (Å²) in [6.07, 6.45) is 1.38. The lowest BCUT2D eigenvalue weighted by molar-refractivity contribution is 0.0341. The van der Waals surface area contributed by atoms with Crippen molar-refractivity contribution < 1.29 is 28.9 Å². The number of nitrogens with zero attached hydrogens (tertiary/aromatic N) is 2. The topological polar surface area (TPSA) is 100.0 Å². The van der Waals surface area contributed by atoms with Gasteiger partial charge in [-0.25, -0.2) is 14.6 Å². The van der Waals surface area contributed by atoms with Crippen molar-refractivity contribution in [3.8, 4) is 11.1 Å². The molecule has 0 radical (unpaired) electrons. The fraction of sp³-hybridized carbons (Fsp3) is 0.316. The van der Waals surface area contributed by atoms with Gasteiger partial charge in [-0.05, 0) is 30.2 Å². The van der Waals surface area contributed by atoms with Crippen LogP contribution in [0.1, 0.15) is 31.8 Å². The predicted octanol–water partition coefficient (Wildman–Crippen LogP) is 2.42. The Morgan fingerprint density at radius 1 is 1.22 bits per heavy atom. The molecule has 1 aromatic carbocycles. The van der Waals surface area contributed by atoms with Crippen molar-refractivity contribution in [3.05, 3.63) is 52.6 Å². The monoisotopic (exact) mass is 374 g/mol. The van der Waals surface area contributed by atoms with Crippen molar-refractivity contribution in [2.24, 2.45) is 0 Å². The highest BCUT2D eigenvalue weighted by Crippen LogP contribution is 2.32. The second-order valence-electron chi connectivity index (χ2n) is 6.36. The summed E-state index contributed by atoms with van der Waals surface area (Å²) in [5.74, 6) is -3.55. The lowest BCUT2D eigenvalue weighted by atomic mass is 9.91. The third-order valence-electron chi connectivity index (χ3n) is 4.53. The van der Waals surface area contributed by atoms with Gasteiger partial charge in [-0.1, -0.05) is 6.07 Å². The molecule has 1 aromatic heterocycles. The zero-order valence-electron chi connectivity index (χ0n) is 14.7. The van der Waals surface area contributed by atoms with Gasteiger partial charge in [0.2, 0.25) is 5.95 Å². The molecule has 1 saturated heterocycles. The number of carboxylic acids is 2. The van der Waals surface area contributed by atoms with Gasteiger partial charge in [0.15, 0.2) is 0 Å². The van der Waals surface area contributed by atoms with Crippen LogP contribution >= 0.6 is 0 Å². The molecule has 2 aromatic rings. The van der Waals surface area contributed by atoms with Crippen LogP contribution in [0, 0.1) is 12.9 Å². The van der Waals surface area contributed by atoms with Crippen molar-refractivity contribution in [3.63, 3.8) is 0 Å². The number of pyridine rings is 1. The van der Waals surface area contributed by atoms with Crippen LogP contribution < -0.4 is 0 Å². The van der Waals surface area contributed by atoms with Crippen molar-refractivity contribution in [2.45, 2.75) is 13.5 Å². The number of hydrogen-bond donors (Lipinski definition) is 2. The largest absolute Gasteiger partial charge is 0.478 e. The van der Waals surface area contributed by atoms with Gasteiger partial charge < -0.3 is 14.9 Å². The predicted molar refractivity (Wildman–Crippen MR) is 94.4 cm³/mol. The molecule has 8 heteroatoms. The molecule has 1 fully saturated rings. The standard InChI is InChI=1S/C19H19FN2O5/c1-11-2-3-13(18(23)24)16(15(11)19(25)26)14-8-12(9-21-17(14)20)10-22-4-6-27-7-5-22/h2-3,8-9H,4-7,10H2,1H3,(H,23,24)(H,25,26). The molecule has 1 aliphatic heterocycles. The molecular formula is C19H19FN2O5. The Hall–Kier alpha value is -2.84. The van der Waals surface area contributed by atoms with E-state index in [4.69, 9.17) is 4.74 Å². The van der Waals surface area contributed by atoms with E-state index in [1.807, 2.05) is 0 Å². The van der Waals surface area contributed by atoms with E-state index < -0.39 is 17.9 Å². The molecule has 0 spiro atoms. The number of morpholine rings is 1. The quantitative estimate of drug-likeness (QED) is 0.775. The minimum atomic E-state index is -1.33. The van der Waals surface area contributed by atoms with Crippen LogP contribution in [-0.4, -0.2) is 58.3 Å². The van der Waals surface area contributed by atoms with Crippen molar-refractivity contribution >= 4 is 11.9 Å². The summed E-state index contributed by atoms with van der Waals surface area (Å²) in [6, 6.07) is 4.16. The maximum Gasteiger partial charge on any atom is 0.336 e. The van der Waals surface area contributed by atoms with Gasteiger partial charge in [0.05, 0.1) is 24.3 Å². The van der Waals surface area contributed by atoms with Crippen LogP contribution in [0.15, 0.2) is 24.4 Å². The fourth-order valence-corrected chi connectivity index (χ4v) is 3.21. The van der Waals surface area contributed by atoms with Gasteiger partial charge >= 0.3 is 11.9 Å². The van der Waals surface area contributed by atoms with Gasteiger partial charge in [0.25, 0.3) is 0 Å². The summed E-state index contributed by atoms with van der Waals surface area (Å²) in [7, 11) is 0. The van der Waals surface area contributed by atoms with Crippen LogP contribution in [0.2, 0.25) is 0 Å². The molecule has 0 bridgehead atoms. The lowest BCUT2D eigenvalue weighted by Crippen LogP contribution is -2.35. The van der Waals surface area contributed by atoms with Gasteiger partial charge in [-0.3, -0.25) is 4.90 Å². The summed E-state index contributed by atoms with van der Waals surface area (Å²) >= 11 is 0. The van der Waals surface area contributed by atoms with Crippen LogP contribution in [0.4, 0.5) is 4.39 Å². The molecule has 7 nitrogen and oxygen atoms in total.